The predicted molar refractivity (Wildman–Crippen MR) is 89.9 cm³/mol. The molecule has 3 rings (SSSR count). The summed E-state index contributed by atoms with van der Waals surface area (Å²) in [5, 5.41) is 34.1. The van der Waals surface area contributed by atoms with Crippen molar-refractivity contribution in [2.45, 2.75) is 37.6 Å². The zero-order chi connectivity index (χ0) is 18.0. The summed E-state index contributed by atoms with van der Waals surface area (Å²) >= 11 is 0. The molecule has 0 bridgehead atoms. The Morgan fingerprint density at radius 2 is 1.88 bits per heavy atom. The van der Waals surface area contributed by atoms with Crippen LogP contribution in [-0.4, -0.2) is 58.5 Å². The maximum absolute atomic E-state index is 11.5. The molecule has 0 radical (unpaired) electrons. The van der Waals surface area contributed by atoms with Crippen LogP contribution in [-0.2, 0) is 9.53 Å². The summed E-state index contributed by atoms with van der Waals surface area (Å²) < 4.78 is 11.5. The second-order valence-corrected chi connectivity index (χ2v) is 6.03. The molecule has 0 spiro atoms. The largest absolute Gasteiger partial charge is 0.462 e. The number of benzene rings is 2. The summed E-state index contributed by atoms with van der Waals surface area (Å²) in [6.45, 7) is 0.812. The fourth-order valence-electron chi connectivity index (χ4n) is 2.99. The molecule has 25 heavy (non-hydrogen) atoms. The van der Waals surface area contributed by atoms with Gasteiger partial charge in [-0.05, 0) is 11.5 Å². The van der Waals surface area contributed by atoms with Crippen molar-refractivity contribution in [1.29, 1.82) is 0 Å². The quantitative estimate of drug-likeness (QED) is 0.628. The standard InChI is InChI=1S/C18H21NO6/c1-10(21)19-15-17(23)16(22)14(9-20)25-18(15)24-13-8-4-6-11-5-2-3-7-12(11)13/h2-8,14-18,20,22-23H,9H2,1H3,(H,19,21). The van der Waals surface area contributed by atoms with Crippen LogP contribution in [0.2, 0.25) is 0 Å². The lowest BCUT2D eigenvalue weighted by molar-refractivity contribution is -0.244. The van der Waals surface area contributed by atoms with Crippen molar-refractivity contribution < 1.29 is 29.6 Å². The van der Waals surface area contributed by atoms with Crippen molar-refractivity contribution in [3.8, 4) is 5.75 Å². The van der Waals surface area contributed by atoms with E-state index in [1.54, 1.807) is 6.07 Å². The van der Waals surface area contributed by atoms with Crippen molar-refractivity contribution >= 4 is 16.7 Å². The summed E-state index contributed by atoms with van der Waals surface area (Å²) in [6.07, 6.45) is -4.76. The lowest BCUT2D eigenvalue weighted by Gasteiger charge is -2.42. The molecule has 0 aromatic heterocycles. The third-order valence-corrected chi connectivity index (χ3v) is 4.24. The first kappa shape index (κ1) is 17.6. The highest BCUT2D eigenvalue weighted by Gasteiger charge is 2.46. The van der Waals surface area contributed by atoms with Gasteiger partial charge >= 0.3 is 0 Å². The Bertz CT molecular complexity index is 746. The average Bonchev–Trinajstić information content (AvgIpc) is 2.61. The first-order chi connectivity index (χ1) is 12.0. The number of ether oxygens (including phenoxy) is 2. The van der Waals surface area contributed by atoms with E-state index in [2.05, 4.69) is 5.32 Å². The van der Waals surface area contributed by atoms with Crippen LogP contribution in [0.25, 0.3) is 10.8 Å². The fraction of sp³-hybridized carbons (Fsp3) is 0.389. The minimum atomic E-state index is -1.34. The maximum atomic E-state index is 11.5. The SMILES string of the molecule is CC(=O)NC1C(Oc2cccc3ccccc23)OC(CO)C(O)C1O. The molecule has 1 aliphatic heterocycles. The number of carbonyl (C=O) groups excluding carboxylic acids is 1. The highest BCUT2D eigenvalue weighted by Crippen LogP contribution is 2.29. The number of rotatable bonds is 4. The summed E-state index contributed by atoms with van der Waals surface area (Å²) in [6, 6.07) is 12.1. The Kier molecular flexibility index (Phi) is 5.19. The molecule has 1 fully saturated rings. The summed E-state index contributed by atoms with van der Waals surface area (Å²) in [5.41, 5.74) is 0. The molecule has 2 aromatic rings. The first-order valence-corrected chi connectivity index (χ1v) is 8.05. The molecule has 1 amide bonds. The Balaban J connectivity index is 1.92. The molecule has 7 nitrogen and oxygen atoms in total. The van der Waals surface area contributed by atoms with Crippen molar-refractivity contribution in [3.05, 3.63) is 42.5 Å². The van der Waals surface area contributed by atoms with Crippen molar-refractivity contribution in [1.82, 2.24) is 5.32 Å². The number of hydrogen-bond donors (Lipinski definition) is 4. The van der Waals surface area contributed by atoms with Gasteiger partial charge in [-0.2, -0.15) is 0 Å². The number of fused-ring (bicyclic) bond motifs is 1. The van der Waals surface area contributed by atoms with Gasteiger partial charge in [0.1, 0.15) is 30.1 Å². The van der Waals surface area contributed by atoms with Gasteiger partial charge in [0.2, 0.25) is 12.2 Å². The minimum Gasteiger partial charge on any atom is -0.462 e. The van der Waals surface area contributed by atoms with Crippen molar-refractivity contribution in [2.75, 3.05) is 6.61 Å². The molecule has 1 heterocycles. The third-order valence-electron chi connectivity index (χ3n) is 4.24. The minimum absolute atomic E-state index is 0.395. The number of aliphatic hydroxyl groups excluding tert-OH is 3. The zero-order valence-corrected chi connectivity index (χ0v) is 13.7. The summed E-state index contributed by atoms with van der Waals surface area (Å²) in [7, 11) is 0. The van der Waals surface area contributed by atoms with Gasteiger partial charge in [0, 0.05) is 12.3 Å². The third kappa shape index (κ3) is 3.59. The molecule has 2 aromatic carbocycles. The highest BCUT2D eigenvalue weighted by molar-refractivity contribution is 5.88. The monoisotopic (exact) mass is 347 g/mol. The number of nitrogens with one attached hydrogen (secondary N) is 1. The first-order valence-electron chi connectivity index (χ1n) is 8.05. The number of amides is 1. The van der Waals surface area contributed by atoms with Crippen LogP contribution in [0.4, 0.5) is 0 Å². The molecule has 1 saturated heterocycles. The zero-order valence-electron chi connectivity index (χ0n) is 13.7. The molecule has 5 atom stereocenters. The van der Waals surface area contributed by atoms with Gasteiger partial charge < -0.3 is 30.1 Å². The summed E-state index contributed by atoms with van der Waals surface area (Å²) in [5.74, 6) is 0.118. The lowest BCUT2D eigenvalue weighted by atomic mass is 9.97. The van der Waals surface area contributed by atoms with Crippen LogP contribution in [0.5, 0.6) is 5.75 Å². The van der Waals surface area contributed by atoms with E-state index in [0.29, 0.717) is 5.75 Å². The number of hydrogen-bond acceptors (Lipinski definition) is 6. The van der Waals surface area contributed by atoms with Crippen LogP contribution >= 0.6 is 0 Å². The topological polar surface area (TPSA) is 108 Å². The van der Waals surface area contributed by atoms with E-state index in [1.807, 2.05) is 36.4 Å². The Morgan fingerprint density at radius 3 is 2.60 bits per heavy atom. The average molecular weight is 347 g/mol. The van der Waals surface area contributed by atoms with E-state index in [4.69, 9.17) is 9.47 Å². The van der Waals surface area contributed by atoms with Crippen LogP contribution in [0.1, 0.15) is 6.92 Å². The maximum Gasteiger partial charge on any atom is 0.223 e. The molecule has 0 saturated carbocycles. The number of aliphatic hydroxyl groups is 3. The summed E-state index contributed by atoms with van der Waals surface area (Å²) in [4.78, 5) is 11.5. The highest BCUT2D eigenvalue weighted by atomic mass is 16.7. The molecule has 4 N–H and O–H groups in total. The van der Waals surface area contributed by atoms with E-state index >= 15 is 0 Å². The van der Waals surface area contributed by atoms with Crippen LogP contribution in [0.15, 0.2) is 42.5 Å². The number of carbonyl (C=O) groups is 1. The van der Waals surface area contributed by atoms with E-state index in [9.17, 15) is 20.1 Å². The Hall–Kier alpha value is -2.19. The molecular formula is C18H21NO6. The smallest absolute Gasteiger partial charge is 0.223 e. The lowest BCUT2D eigenvalue weighted by Crippen LogP contribution is -2.65. The van der Waals surface area contributed by atoms with Gasteiger partial charge in [-0.25, -0.2) is 0 Å². The second-order valence-electron chi connectivity index (χ2n) is 6.03. The predicted octanol–water partition coefficient (Wildman–Crippen LogP) is 0.162. The molecular weight excluding hydrogens is 326 g/mol. The second kappa shape index (κ2) is 7.37. The van der Waals surface area contributed by atoms with E-state index in [-0.39, 0.29) is 0 Å². The molecule has 0 aliphatic carbocycles. The fourth-order valence-corrected chi connectivity index (χ4v) is 2.99. The van der Waals surface area contributed by atoms with Gasteiger partial charge in [-0.15, -0.1) is 0 Å². The van der Waals surface area contributed by atoms with Gasteiger partial charge in [0.05, 0.1) is 6.61 Å². The van der Waals surface area contributed by atoms with Gasteiger partial charge in [0.15, 0.2) is 0 Å². The van der Waals surface area contributed by atoms with Gasteiger partial charge in [-0.3, -0.25) is 4.79 Å². The Morgan fingerprint density at radius 1 is 1.16 bits per heavy atom. The van der Waals surface area contributed by atoms with E-state index < -0.39 is 43.2 Å². The van der Waals surface area contributed by atoms with Crippen LogP contribution in [0, 0.1) is 0 Å². The van der Waals surface area contributed by atoms with Crippen molar-refractivity contribution in [3.63, 3.8) is 0 Å². The van der Waals surface area contributed by atoms with Gasteiger partial charge in [0.25, 0.3) is 0 Å². The normalized spacial score (nSPS) is 29.4. The van der Waals surface area contributed by atoms with E-state index in [0.717, 1.165) is 10.8 Å². The molecule has 7 heteroatoms. The Labute approximate surface area is 144 Å². The molecule has 5 unspecified atom stereocenters. The van der Waals surface area contributed by atoms with E-state index in [1.165, 1.54) is 6.92 Å². The molecule has 134 valence electrons. The van der Waals surface area contributed by atoms with Gasteiger partial charge in [-0.1, -0.05) is 36.4 Å². The molecule has 1 aliphatic rings. The van der Waals surface area contributed by atoms with Crippen molar-refractivity contribution in [2.24, 2.45) is 0 Å². The van der Waals surface area contributed by atoms with Crippen LogP contribution < -0.4 is 10.1 Å². The van der Waals surface area contributed by atoms with Crippen LogP contribution in [0.3, 0.4) is 0 Å².